The smallest absolute Gasteiger partial charge is 0.332 e. The third kappa shape index (κ3) is 2.90. The van der Waals surface area contributed by atoms with Crippen LogP contribution in [0.4, 0.5) is 5.69 Å². The highest BCUT2D eigenvalue weighted by Gasteiger charge is 2.31. The van der Waals surface area contributed by atoms with Gasteiger partial charge in [-0.15, -0.1) is 11.8 Å². The molecule has 0 amide bonds. The van der Waals surface area contributed by atoms with Gasteiger partial charge in [-0.2, -0.15) is 0 Å². The van der Waals surface area contributed by atoms with Gasteiger partial charge in [-0.1, -0.05) is 12.1 Å². The topological polar surface area (TPSA) is 64.6 Å². The quantitative estimate of drug-likeness (QED) is 0.658. The Kier molecular flexibility index (Phi) is 4.11. The minimum atomic E-state index is -0.598. The minimum absolute atomic E-state index is 0.415. The molecule has 0 fully saturated rings. The van der Waals surface area contributed by atoms with Gasteiger partial charge in [-0.05, 0) is 12.1 Å². The van der Waals surface area contributed by atoms with Crippen molar-refractivity contribution in [3.05, 3.63) is 36.0 Å². The summed E-state index contributed by atoms with van der Waals surface area (Å²) in [6, 6.07) is 7.54. The van der Waals surface area contributed by atoms with Crippen LogP contribution in [0.15, 0.2) is 40.9 Å². The van der Waals surface area contributed by atoms with Crippen molar-refractivity contribution in [1.82, 2.24) is 0 Å². The van der Waals surface area contributed by atoms with Gasteiger partial charge < -0.3 is 14.8 Å². The molecule has 1 aliphatic heterocycles. The Labute approximate surface area is 115 Å². The SMILES string of the molecule is COC(=O)/C=C1\Nc2ccccc2SC1C(=O)OC. The van der Waals surface area contributed by atoms with Gasteiger partial charge in [0, 0.05) is 16.7 Å². The average molecular weight is 279 g/mol. The molecule has 1 unspecified atom stereocenters. The molecule has 1 atom stereocenters. The van der Waals surface area contributed by atoms with Crippen LogP contribution < -0.4 is 5.32 Å². The zero-order chi connectivity index (χ0) is 13.8. The number of thioether (sulfide) groups is 1. The molecule has 0 bridgehead atoms. The monoisotopic (exact) mass is 279 g/mol. The summed E-state index contributed by atoms with van der Waals surface area (Å²) in [6.07, 6.45) is 1.27. The molecule has 0 radical (unpaired) electrons. The van der Waals surface area contributed by atoms with Crippen LogP contribution in [-0.2, 0) is 19.1 Å². The summed E-state index contributed by atoms with van der Waals surface area (Å²) in [5, 5.41) is 2.47. The second-order valence-electron chi connectivity index (χ2n) is 3.77. The van der Waals surface area contributed by atoms with Gasteiger partial charge in [0.2, 0.25) is 0 Å². The van der Waals surface area contributed by atoms with Crippen molar-refractivity contribution in [3.63, 3.8) is 0 Å². The standard InChI is InChI=1S/C13H13NO4S/c1-17-11(15)7-9-12(13(16)18-2)19-10-6-4-3-5-8(10)14-9/h3-7,12,14H,1-2H3/b9-7-. The average Bonchev–Trinajstić information content (AvgIpc) is 2.45. The van der Waals surface area contributed by atoms with Gasteiger partial charge in [0.1, 0.15) is 5.25 Å². The Balaban J connectivity index is 2.37. The summed E-state index contributed by atoms with van der Waals surface area (Å²) in [5.74, 6) is -0.932. The number of hydrogen-bond donors (Lipinski definition) is 1. The first-order valence-electron chi connectivity index (χ1n) is 5.55. The van der Waals surface area contributed by atoms with Gasteiger partial charge in [0.25, 0.3) is 0 Å². The summed E-state index contributed by atoms with van der Waals surface area (Å²) in [7, 11) is 2.61. The second-order valence-corrected chi connectivity index (χ2v) is 4.91. The number of ether oxygens (including phenoxy) is 2. The molecule has 1 aliphatic rings. The van der Waals surface area contributed by atoms with Gasteiger partial charge in [0.05, 0.1) is 19.9 Å². The van der Waals surface area contributed by atoms with E-state index >= 15 is 0 Å². The second kappa shape index (κ2) is 5.79. The molecular formula is C13H13NO4S. The minimum Gasteiger partial charge on any atom is -0.468 e. The van der Waals surface area contributed by atoms with E-state index < -0.39 is 17.2 Å². The lowest BCUT2D eigenvalue weighted by Gasteiger charge is -2.26. The van der Waals surface area contributed by atoms with E-state index in [2.05, 4.69) is 10.1 Å². The first kappa shape index (κ1) is 13.5. The molecule has 0 saturated carbocycles. The molecule has 19 heavy (non-hydrogen) atoms. The van der Waals surface area contributed by atoms with E-state index in [-0.39, 0.29) is 0 Å². The van der Waals surface area contributed by atoms with Crippen molar-refractivity contribution >= 4 is 29.4 Å². The summed E-state index contributed by atoms with van der Waals surface area (Å²) in [4.78, 5) is 24.1. The first-order valence-corrected chi connectivity index (χ1v) is 6.43. The number of para-hydroxylation sites is 1. The number of carbonyl (C=O) groups is 2. The molecule has 1 N–H and O–H groups in total. The molecule has 1 aromatic carbocycles. The van der Waals surface area contributed by atoms with Crippen LogP contribution in [0, 0.1) is 0 Å². The third-order valence-corrected chi connectivity index (χ3v) is 3.88. The van der Waals surface area contributed by atoms with E-state index in [4.69, 9.17) is 4.74 Å². The fraction of sp³-hybridized carbons (Fsp3) is 0.231. The number of methoxy groups -OCH3 is 2. The van der Waals surface area contributed by atoms with E-state index in [1.54, 1.807) is 0 Å². The van der Waals surface area contributed by atoms with Crippen molar-refractivity contribution in [1.29, 1.82) is 0 Å². The van der Waals surface area contributed by atoms with Gasteiger partial charge in [-0.25, -0.2) is 4.79 Å². The normalized spacial score (nSPS) is 19.3. The van der Waals surface area contributed by atoms with Crippen LogP contribution in [0.5, 0.6) is 0 Å². The van der Waals surface area contributed by atoms with Crippen LogP contribution >= 0.6 is 11.8 Å². The summed E-state index contributed by atoms with van der Waals surface area (Å²) >= 11 is 1.34. The van der Waals surface area contributed by atoms with Crippen molar-refractivity contribution < 1.29 is 19.1 Å². The van der Waals surface area contributed by atoms with Crippen molar-refractivity contribution in [2.45, 2.75) is 10.1 Å². The Morgan fingerprint density at radius 3 is 2.68 bits per heavy atom. The molecule has 0 spiro atoms. The summed E-state index contributed by atoms with van der Waals surface area (Å²) in [5.41, 5.74) is 1.31. The number of esters is 2. The predicted octanol–water partition coefficient (Wildman–Crippen LogP) is 1.80. The largest absolute Gasteiger partial charge is 0.468 e. The number of anilines is 1. The molecule has 0 aliphatic carbocycles. The van der Waals surface area contributed by atoms with Crippen molar-refractivity contribution in [2.75, 3.05) is 19.5 Å². The van der Waals surface area contributed by atoms with E-state index in [9.17, 15) is 9.59 Å². The summed E-state index contributed by atoms with van der Waals surface area (Å²) in [6.45, 7) is 0. The third-order valence-electron chi connectivity index (χ3n) is 2.58. The van der Waals surface area contributed by atoms with Crippen LogP contribution in [-0.4, -0.2) is 31.4 Å². The van der Waals surface area contributed by atoms with Crippen LogP contribution in [0.2, 0.25) is 0 Å². The fourth-order valence-electron chi connectivity index (χ4n) is 1.66. The number of rotatable bonds is 2. The zero-order valence-electron chi connectivity index (χ0n) is 10.5. The van der Waals surface area contributed by atoms with Gasteiger partial charge in [0.15, 0.2) is 0 Å². The predicted molar refractivity (Wildman–Crippen MR) is 71.8 cm³/mol. The van der Waals surface area contributed by atoms with E-state index in [1.165, 1.54) is 32.1 Å². The molecule has 1 heterocycles. The van der Waals surface area contributed by atoms with Gasteiger partial charge >= 0.3 is 11.9 Å². The zero-order valence-corrected chi connectivity index (χ0v) is 11.3. The maximum Gasteiger partial charge on any atom is 0.332 e. The molecule has 0 saturated heterocycles. The molecule has 5 nitrogen and oxygen atoms in total. The lowest BCUT2D eigenvalue weighted by atomic mass is 10.2. The van der Waals surface area contributed by atoms with Crippen LogP contribution in [0.3, 0.4) is 0 Å². The van der Waals surface area contributed by atoms with E-state index in [0.29, 0.717) is 5.70 Å². The molecule has 2 rings (SSSR count). The van der Waals surface area contributed by atoms with E-state index in [0.717, 1.165) is 10.6 Å². The maximum absolute atomic E-state index is 11.8. The number of carbonyl (C=O) groups excluding carboxylic acids is 2. The molecular weight excluding hydrogens is 266 g/mol. The highest BCUT2D eigenvalue weighted by Crippen LogP contribution is 2.39. The highest BCUT2D eigenvalue weighted by atomic mass is 32.2. The Morgan fingerprint density at radius 2 is 2.00 bits per heavy atom. The number of hydrogen-bond acceptors (Lipinski definition) is 6. The van der Waals surface area contributed by atoms with Gasteiger partial charge in [-0.3, -0.25) is 4.79 Å². The number of benzene rings is 1. The Hall–Kier alpha value is -1.95. The number of nitrogens with one attached hydrogen (secondary N) is 1. The lowest BCUT2D eigenvalue weighted by molar-refractivity contribution is -0.139. The summed E-state index contributed by atoms with van der Waals surface area (Å²) < 4.78 is 9.34. The lowest BCUT2D eigenvalue weighted by Crippen LogP contribution is -2.29. The van der Waals surface area contributed by atoms with E-state index in [1.807, 2.05) is 24.3 Å². The van der Waals surface area contributed by atoms with Crippen molar-refractivity contribution in [3.8, 4) is 0 Å². The van der Waals surface area contributed by atoms with Crippen LogP contribution in [0.1, 0.15) is 0 Å². The number of fused-ring (bicyclic) bond motifs is 1. The molecule has 0 aromatic heterocycles. The fourth-order valence-corrected chi connectivity index (χ4v) is 2.77. The Bertz CT molecular complexity index is 541. The Morgan fingerprint density at radius 1 is 1.26 bits per heavy atom. The molecule has 1 aromatic rings. The van der Waals surface area contributed by atoms with Crippen LogP contribution in [0.25, 0.3) is 0 Å². The first-order chi connectivity index (χ1) is 9.15. The highest BCUT2D eigenvalue weighted by molar-refractivity contribution is 8.01. The van der Waals surface area contributed by atoms with Crippen molar-refractivity contribution in [2.24, 2.45) is 0 Å². The maximum atomic E-state index is 11.8. The molecule has 100 valence electrons. The molecule has 6 heteroatoms.